The molecule has 14 heavy (non-hydrogen) atoms. The first kappa shape index (κ1) is 12.9. The number of carbonyl (C=O) groups is 2. The van der Waals surface area contributed by atoms with Gasteiger partial charge in [-0.15, -0.1) is 0 Å². The van der Waals surface area contributed by atoms with Crippen molar-refractivity contribution in [2.75, 3.05) is 6.61 Å². The fourth-order valence-corrected chi connectivity index (χ4v) is 0.626. The lowest BCUT2D eigenvalue weighted by Crippen LogP contribution is -2.48. The highest BCUT2D eigenvalue weighted by molar-refractivity contribution is 5.81. The predicted octanol–water partition coefficient (Wildman–Crippen LogP) is -0.508. The molecule has 6 heteroatoms. The molecular formula is C8H16N2O4. The number of carbonyl (C=O) groups excluding carboxylic acids is 1. The van der Waals surface area contributed by atoms with Crippen molar-refractivity contribution in [3.05, 3.63) is 0 Å². The van der Waals surface area contributed by atoms with Gasteiger partial charge in [-0.25, -0.2) is 10.3 Å². The number of hydroxylamine groups is 1. The molecule has 0 spiro atoms. The summed E-state index contributed by atoms with van der Waals surface area (Å²) in [5.74, 6) is -1.69. The van der Waals surface area contributed by atoms with Gasteiger partial charge < -0.3 is 10.8 Å². The second-order valence-electron chi connectivity index (χ2n) is 3.99. The van der Waals surface area contributed by atoms with Crippen LogP contribution in [0.1, 0.15) is 20.8 Å². The molecule has 0 aliphatic heterocycles. The lowest BCUT2D eigenvalue weighted by atomic mass is 9.87. The fraction of sp³-hybridized carbons (Fsp3) is 0.750. The molecule has 0 aliphatic carbocycles. The minimum Gasteiger partial charge on any atom is -0.479 e. The highest BCUT2D eigenvalue weighted by Crippen LogP contribution is 2.16. The molecule has 4 N–H and O–H groups in total. The summed E-state index contributed by atoms with van der Waals surface area (Å²) < 4.78 is 0. The molecule has 0 aromatic rings. The number of aliphatic carboxylic acids is 1. The maximum Gasteiger partial charge on any atom is 0.332 e. The normalized spacial score (nSPS) is 13.4. The first-order valence-electron chi connectivity index (χ1n) is 4.14. The lowest BCUT2D eigenvalue weighted by Gasteiger charge is -2.25. The molecule has 1 unspecified atom stereocenters. The van der Waals surface area contributed by atoms with Crippen LogP contribution in [0.25, 0.3) is 0 Å². The van der Waals surface area contributed by atoms with Crippen LogP contribution in [0.15, 0.2) is 0 Å². The van der Waals surface area contributed by atoms with E-state index in [2.05, 4.69) is 4.84 Å². The number of nitrogens with two attached hydrogens (primary N) is 1. The molecule has 0 fully saturated rings. The number of hydrogen-bond acceptors (Lipinski definition) is 4. The maximum absolute atomic E-state index is 11.2. The van der Waals surface area contributed by atoms with Gasteiger partial charge >= 0.3 is 5.97 Å². The number of carboxylic acid groups (broad SMARTS) is 1. The molecular weight excluding hydrogens is 188 g/mol. The van der Waals surface area contributed by atoms with Crippen LogP contribution >= 0.6 is 0 Å². The second-order valence-corrected chi connectivity index (χ2v) is 3.99. The number of amides is 1. The van der Waals surface area contributed by atoms with Gasteiger partial charge in [0, 0.05) is 0 Å². The van der Waals surface area contributed by atoms with Crippen LogP contribution in [0.3, 0.4) is 0 Å². The Kier molecular flexibility index (Phi) is 4.52. The third-order valence-corrected chi connectivity index (χ3v) is 1.58. The molecule has 0 aromatic heterocycles. The molecule has 0 heterocycles. The zero-order valence-corrected chi connectivity index (χ0v) is 8.53. The van der Waals surface area contributed by atoms with E-state index in [1.165, 1.54) is 0 Å². The van der Waals surface area contributed by atoms with Gasteiger partial charge in [0.25, 0.3) is 5.91 Å². The van der Waals surface area contributed by atoms with Crippen LogP contribution < -0.4 is 11.2 Å². The van der Waals surface area contributed by atoms with E-state index in [0.717, 1.165) is 0 Å². The number of hydrogen-bond donors (Lipinski definition) is 3. The highest BCUT2D eigenvalue weighted by atomic mass is 16.7. The van der Waals surface area contributed by atoms with Gasteiger partial charge in [-0.3, -0.25) is 9.63 Å². The SMILES string of the molecule is CC(C)(C)C(N)C(=O)NOCC(=O)O. The molecule has 0 radical (unpaired) electrons. The van der Waals surface area contributed by atoms with E-state index < -0.39 is 29.9 Å². The van der Waals surface area contributed by atoms with Crippen molar-refractivity contribution < 1.29 is 19.5 Å². The molecule has 1 amide bonds. The van der Waals surface area contributed by atoms with E-state index in [0.29, 0.717) is 0 Å². The standard InChI is InChI=1S/C8H16N2O4/c1-8(2,3)6(9)7(13)10-14-4-5(11)12/h6H,4,9H2,1-3H3,(H,10,13)(H,11,12). The van der Waals surface area contributed by atoms with Gasteiger partial charge in [-0.05, 0) is 5.41 Å². The summed E-state index contributed by atoms with van der Waals surface area (Å²) >= 11 is 0. The van der Waals surface area contributed by atoms with Gasteiger partial charge in [0.05, 0.1) is 6.04 Å². The van der Waals surface area contributed by atoms with Gasteiger partial charge in [0.15, 0.2) is 6.61 Å². The van der Waals surface area contributed by atoms with Crippen molar-refractivity contribution in [2.45, 2.75) is 26.8 Å². The van der Waals surface area contributed by atoms with E-state index in [1.807, 2.05) is 5.48 Å². The van der Waals surface area contributed by atoms with Gasteiger partial charge in [-0.2, -0.15) is 0 Å². The zero-order valence-electron chi connectivity index (χ0n) is 8.53. The predicted molar refractivity (Wildman–Crippen MR) is 49.2 cm³/mol. The lowest BCUT2D eigenvalue weighted by molar-refractivity contribution is -0.150. The Labute approximate surface area is 82.4 Å². The van der Waals surface area contributed by atoms with Crippen molar-refractivity contribution in [3.63, 3.8) is 0 Å². The van der Waals surface area contributed by atoms with Crippen LogP contribution in [0.4, 0.5) is 0 Å². The Balaban J connectivity index is 3.91. The Bertz CT molecular complexity index is 222. The van der Waals surface area contributed by atoms with E-state index in [9.17, 15) is 9.59 Å². The van der Waals surface area contributed by atoms with Crippen molar-refractivity contribution in [1.82, 2.24) is 5.48 Å². The summed E-state index contributed by atoms with van der Waals surface area (Å²) in [6.45, 7) is 4.82. The molecule has 1 atom stereocenters. The Morgan fingerprint density at radius 1 is 1.50 bits per heavy atom. The van der Waals surface area contributed by atoms with Gasteiger partial charge in [-0.1, -0.05) is 20.8 Å². The van der Waals surface area contributed by atoms with Crippen LogP contribution in [0, 0.1) is 5.41 Å². The second kappa shape index (κ2) is 4.92. The molecule has 0 saturated carbocycles. The third kappa shape index (κ3) is 4.78. The summed E-state index contributed by atoms with van der Waals surface area (Å²) in [7, 11) is 0. The summed E-state index contributed by atoms with van der Waals surface area (Å²) in [5.41, 5.74) is 7.16. The average Bonchev–Trinajstić information content (AvgIpc) is 2.00. The Morgan fingerprint density at radius 3 is 2.36 bits per heavy atom. The molecule has 6 nitrogen and oxygen atoms in total. The average molecular weight is 204 g/mol. The molecule has 0 aromatic carbocycles. The Hall–Kier alpha value is -1.14. The van der Waals surface area contributed by atoms with E-state index in [4.69, 9.17) is 10.8 Å². The molecule has 0 aliphatic rings. The summed E-state index contributed by atoms with van der Waals surface area (Å²) in [6, 6.07) is -0.740. The highest BCUT2D eigenvalue weighted by Gasteiger charge is 2.27. The largest absolute Gasteiger partial charge is 0.479 e. The molecule has 0 rings (SSSR count). The minimum atomic E-state index is -1.16. The summed E-state index contributed by atoms with van der Waals surface area (Å²) in [5, 5.41) is 8.22. The first-order chi connectivity index (χ1) is 6.25. The van der Waals surface area contributed by atoms with Crippen LogP contribution in [0.2, 0.25) is 0 Å². The van der Waals surface area contributed by atoms with Crippen LogP contribution in [0.5, 0.6) is 0 Å². The summed E-state index contributed by atoms with van der Waals surface area (Å²) in [4.78, 5) is 25.7. The zero-order chi connectivity index (χ0) is 11.4. The quantitative estimate of drug-likeness (QED) is 0.535. The maximum atomic E-state index is 11.2. The number of carboxylic acids is 1. The summed E-state index contributed by atoms with van der Waals surface area (Å²) in [6.07, 6.45) is 0. The van der Waals surface area contributed by atoms with Crippen LogP contribution in [-0.4, -0.2) is 29.6 Å². The van der Waals surface area contributed by atoms with Crippen molar-refractivity contribution in [2.24, 2.45) is 11.1 Å². The van der Waals surface area contributed by atoms with E-state index in [1.54, 1.807) is 20.8 Å². The number of nitrogens with one attached hydrogen (secondary N) is 1. The van der Waals surface area contributed by atoms with E-state index in [-0.39, 0.29) is 0 Å². The van der Waals surface area contributed by atoms with E-state index >= 15 is 0 Å². The number of rotatable bonds is 4. The first-order valence-corrected chi connectivity index (χ1v) is 4.14. The molecule has 0 saturated heterocycles. The van der Waals surface area contributed by atoms with Crippen molar-refractivity contribution in [1.29, 1.82) is 0 Å². The fourth-order valence-electron chi connectivity index (χ4n) is 0.626. The molecule has 82 valence electrons. The van der Waals surface area contributed by atoms with Crippen LogP contribution in [-0.2, 0) is 14.4 Å². The minimum absolute atomic E-state index is 0.392. The smallest absolute Gasteiger partial charge is 0.332 e. The third-order valence-electron chi connectivity index (χ3n) is 1.58. The Morgan fingerprint density at radius 2 is 2.00 bits per heavy atom. The van der Waals surface area contributed by atoms with Crippen molar-refractivity contribution >= 4 is 11.9 Å². The van der Waals surface area contributed by atoms with Crippen molar-refractivity contribution in [3.8, 4) is 0 Å². The van der Waals surface area contributed by atoms with Gasteiger partial charge in [0.1, 0.15) is 0 Å². The van der Waals surface area contributed by atoms with Gasteiger partial charge in [0.2, 0.25) is 0 Å². The monoisotopic (exact) mass is 204 g/mol. The topological polar surface area (TPSA) is 102 Å². The molecule has 0 bridgehead atoms.